The highest BCUT2D eigenvalue weighted by molar-refractivity contribution is 9.10. The van der Waals surface area contributed by atoms with Gasteiger partial charge in [-0.1, -0.05) is 40.2 Å². The Balaban J connectivity index is 1.12. The zero-order chi connectivity index (χ0) is 27.1. The molecule has 2 fully saturated rings. The largest absolute Gasteiger partial charge is 0.376 e. The van der Waals surface area contributed by atoms with E-state index in [4.69, 9.17) is 4.74 Å². The van der Waals surface area contributed by atoms with Crippen LogP contribution in [0.15, 0.2) is 53.1 Å². The molecule has 1 aliphatic carbocycles. The van der Waals surface area contributed by atoms with Crippen LogP contribution in [0.4, 0.5) is 0 Å². The van der Waals surface area contributed by atoms with Crippen LogP contribution in [0.1, 0.15) is 61.1 Å². The quantitative estimate of drug-likeness (QED) is 0.411. The lowest BCUT2D eigenvalue weighted by atomic mass is 9.86. The lowest BCUT2D eigenvalue weighted by Crippen LogP contribution is -2.62. The van der Waals surface area contributed by atoms with E-state index in [0.29, 0.717) is 17.6 Å². The van der Waals surface area contributed by atoms with Gasteiger partial charge in [0.1, 0.15) is 0 Å². The van der Waals surface area contributed by atoms with Gasteiger partial charge in [-0.25, -0.2) is 0 Å². The van der Waals surface area contributed by atoms with Crippen LogP contribution >= 0.6 is 15.9 Å². The number of benzene rings is 2. The van der Waals surface area contributed by atoms with Crippen LogP contribution in [0.5, 0.6) is 0 Å². The van der Waals surface area contributed by atoms with E-state index in [0.717, 1.165) is 74.0 Å². The first-order valence-electron chi connectivity index (χ1n) is 14.3. The second kappa shape index (κ2) is 10.9. The molecule has 39 heavy (non-hydrogen) atoms. The van der Waals surface area contributed by atoms with Gasteiger partial charge in [-0.15, -0.1) is 0 Å². The van der Waals surface area contributed by atoms with Crippen molar-refractivity contribution in [2.45, 2.75) is 63.8 Å². The standard InChI is InChI=1S/C31H38BrN5O2/c1-4-39-28-18-22-17-23(32)9-10-24(22)29(28)37-16-15-36(20-21(37)2)31(3)11-13-35(14-12-31)30(38)26-19-33-34-27-8-6-5-7-25(26)27/h5-10,17,19,21,28-29H,4,11-16,18,20H2,1-3H3/t21-,28+,29?/m0/s1. The second-order valence-electron chi connectivity index (χ2n) is 11.6. The molecule has 2 saturated heterocycles. The fraction of sp³-hybridized carbons (Fsp3) is 0.516. The third-order valence-corrected chi connectivity index (χ3v) is 9.78. The third-order valence-electron chi connectivity index (χ3n) is 9.28. The van der Waals surface area contributed by atoms with Gasteiger partial charge in [0, 0.05) is 67.2 Å². The number of carbonyl (C=O) groups excluding carboxylic acids is 1. The monoisotopic (exact) mass is 591 g/mol. The Bertz CT molecular complexity index is 1350. The number of fused-ring (bicyclic) bond motifs is 2. The number of aromatic nitrogens is 2. The molecule has 0 spiro atoms. The maximum Gasteiger partial charge on any atom is 0.256 e. The predicted molar refractivity (Wildman–Crippen MR) is 157 cm³/mol. The first-order chi connectivity index (χ1) is 18.9. The van der Waals surface area contributed by atoms with Crippen molar-refractivity contribution in [2.75, 3.05) is 39.3 Å². The summed E-state index contributed by atoms with van der Waals surface area (Å²) in [5.41, 5.74) is 4.34. The lowest BCUT2D eigenvalue weighted by Gasteiger charge is -2.53. The summed E-state index contributed by atoms with van der Waals surface area (Å²) >= 11 is 3.65. The number of carbonyl (C=O) groups is 1. The lowest BCUT2D eigenvalue weighted by molar-refractivity contribution is -0.0630. The number of piperazine rings is 1. The smallest absolute Gasteiger partial charge is 0.256 e. The van der Waals surface area contributed by atoms with Crippen molar-refractivity contribution in [3.63, 3.8) is 0 Å². The van der Waals surface area contributed by atoms with Gasteiger partial charge < -0.3 is 9.64 Å². The summed E-state index contributed by atoms with van der Waals surface area (Å²) in [6.45, 7) is 12.2. The summed E-state index contributed by atoms with van der Waals surface area (Å²) in [5.74, 6) is 0.0647. The molecule has 0 N–H and O–H groups in total. The molecule has 1 amide bonds. The van der Waals surface area contributed by atoms with Crippen LogP contribution < -0.4 is 0 Å². The predicted octanol–water partition coefficient (Wildman–Crippen LogP) is 5.10. The number of hydrogen-bond donors (Lipinski definition) is 0. The zero-order valence-electron chi connectivity index (χ0n) is 23.1. The molecule has 0 bridgehead atoms. The second-order valence-corrected chi connectivity index (χ2v) is 12.5. The number of ether oxygens (including phenoxy) is 1. The van der Waals surface area contributed by atoms with E-state index in [1.165, 1.54) is 11.1 Å². The van der Waals surface area contributed by atoms with Crippen molar-refractivity contribution in [1.29, 1.82) is 0 Å². The molecule has 0 saturated carbocycles. The number of likely N-dealkylation sites (tertiary alicyclic amines) is 1. The minimum absolute atomic E-state index is 0.0647. The molecule has 1 aromatic heterocycles. The van der Waals surface area contributed by atoms with Crippen molar-refractivity contribution >= 4 is 32.7 Å². The molecule has 3 atom stereocenters. The summed E-state index contributed by atoms with van der Waals surface area (Å²) in [6, 6.07) is 15.2. The molecule has 1 unspecified atom stereocenters. The Labute approximate surface area is 239 Å². The van der Waals surface area contributed by atoms with Gasteiger partial charge in [0.25, 0.3) is 5.91 Å². The third kappa shape index (κ3) is 5.01. The van der Waals surface area contributed by atoms with Crippen LogP contribution in [0.25, 0.3) is 10.9 Å². The van der Waals surface area contributed by atoms with E-state index >= 15 is 0 Å². The minimum atomic E-state index is 0.0647. The fourth-order valence-corrected chi connectivity index (χ4v) is 7.46. The minimum Gasteiger partial charge on any atom is -0.376 e. The molecule has 0 radical (unpaired) electrons. The van der Waals surface area contributed by atoms with Gasteiger partial charge >= 0.3 is 0 Å². The van der Waals surface area contributed by atoms with E-state index in [1.807, 2.05) is 29.2 Å². The van der Waals surface area contributed by atoms with E-state index in [2.05, 4.69) is 74.9 Å². The van der Waals surface area contributed by atoms with Gasteiger partial charge in [-0.05, 0) is 62.9 Å². The highest BCUT2D eigenvalue weighted by atomic mass is 79.9. The first kappa shape index (κ1) is 26.8. The molecular weight excluding hydrogens is 554 g/mol. The van der Waals surface area contributed by atoms with Crippen LogP contribution in [-0.4, -0.2) is 87.8 Å². The highest BCUT2D eigenvalue weighted by Crippen LogP contribution is 2.42. The van der Waals surface area contributed by atoms with Crippen LogP contribution in [0.3, 0.4) is 0 Å². The van der Waals surface area contributed by atoms with Crippen LogP contribution in [-0.2, 0) is 11.2 Å². The maximum atomic E-state index is 13.5. The average molecular weight is 593 g/mol. The Morgan fingerprint density at radius 3 is 2.69 bits per heavy atom. The molecule has 206 valence electrons. The Morgan fingerprint density at radius 1 is 1.13 bits per heavy atom. The van der Waals surface area contributed by atoms with E-state index in [9.17, 15) is 4.79 Å². The first-order valence-corrected chi connectivity index (χ1v) is 15.1. The van der Waals surface area contributed by atoms with Crippen molar-refractivity contribution in [1.82, 2.24) is 24.9 Å². The summed E-state index contributed by atoms with van der Waals surface area (Å²) in [4.78, 5) is 20.8. The molecule has 7 nitrogen and oxygen atoms in total. The molecule has 3 aromatic rings. The summed E-state index contributed by atoms with van der Waals surface area (Å²) in [6.07, 6.45) is 4.75. The van der Waals surface area contributed by atoms with E-state index < -0.39 is 0 Å². The zero-order valence-corrected chi connectivity index (χ0v) is 24.7. The van der Waals surface area contributed by atoms with Gasteiger partial charge in [0.15, 0.2) is 0 Å². The van der Waals surface area contributed by atoms with Crippen LogP contribution in [0, 0.1) is 0 Å². The molecule has 3 aliphatic rings. The number of piperidine rings is 1. The van der Waals surface area contributed by atoms with E-state index in [-0.39, 0.29) is 17.6 Å². The number of amides is 1. The summed E-state index contributed by atoms with van der Waals surface area (Å²) < 4.78 is 7.42. The normalized spacial score (nSPS) is 25.6. The van der Waals surface area contributed by atoms with Crippen molar-refractivity contribution in [2.24, 2.45) is 0 Å². The molecule has 2 aliphatic heterocycles. The molecule has 8 heteroatoms. The Hall–Kier alpha value is -2.39. The van der Waals surface area contributed by atoms with Crippen LogP contribution in [0.2, 0.25) is 0 Å². The number of nitrogens with zero attached hydrogens (tertiary/aromatic N) is 5. The Morgan fingerprint density at radius 2 is 1.92 bits per heavy atom. The number of halogens is 1. The SMILES string of the molecule is CCO[C@@H]1Cc2cc(Br)ccc2C1N1CCN(C2(C)CCN(C(=O)c3cnnc4ccccc34)CC2)C[C@@H]1C. The molecule has 2 aromatic carbocycles. The molecular formula is C31H38BrN5O2. The van der Waals surface area contributed by atoms with Crippen molar-refractivity contribution < 1.29 is 9.53 Å². The van der Waals surface area contributed by atoms with Gasteiger partial charge in [0.05, 0.1) is 29.4 Å². The summed E-state index contributed by atoms with van der Waals surface area (Å²) in [7, 11) is 0. The van der Waals surface area contributed by atoms with E-state index in [1.54, 1.807) is 6.20 Å². The van der Waals surface area contributed by atoms with Gasteiger partial charge in [-0.3, -0.25) is 14.6 Å². The highest BCUT2D eigenvalue weighted by Gasteiger charge is 2.44. The van der Waals surface area contributed by atoms with Crippen molar-refractivity contribution in [3.05, 3.63) is 69.8 Å². The van der Waals surface area contributed by atoms with Crippen molar-refractivity contribution in [3.8, 4) is 0 Å². The average Bonchev–Trinajstić information content (AvgIpc) is 3.29. The van der Waals surface area contributed by atoms with Gasteiger partial charge in [0.2, 0.25) is 0 Å². The number of rotatable bonds is 5. The molecule has 6 rings (SSSR count). The topological polar surface area (TPSA) is 61.8 Å². The van der Waals surface area contributed by atoms with Gasteiger partial charge in [-0.2, -0.15) is 10.2 Å². The Kier molecular flexibility index (Phi) is 7.48. The maximum absolute atomic E-state index is 13.5. The summed E-state index contributed by atoms with van der Waals surface area (Å²) in [5, 5.41) is 9.15. The molecule has 3 heterocycles. The number of hydrogen-bond acceptors (Lipinski definition) is 6. The fourth-order valence-electron chi connectivity index (χ4n) is 7.06.